The molecule has 6 heteroatoms. The van der Waals surface area contributed by atoms with E-state index in [1.165, 1.54) is 0 Å². The fraction of sp³-hybridized carbons (Fsp3) is 0.154. The van der Waals surface area contributed by atoms with E-state index in [1.54, 1.807) is 17.7 Å². The maximum Gasteiger partial charge on any atom is 0.312 e. The van der Waals surface area contributed by atoms with Crippen molar-refractivity contribution in [2.24, 2.45) is 0 Å². The van der Waals surface area contributed by atoms with Gasteiger partial charge in [-0.3, -0.25) is 4.79 Å². The normalized spacial score (nSPS) is 11.9. The van der Waals surface area contributed by atoms with Gasteiger partial charge in [0.2, 0.25) is 5.88 Å². The fourth-order valence-corrected chi connectivity index (χ4v) is 3.84. The van der Waals surface area contributed by atoms with E-state index < -0.39 is 0 Å². The molecule has 0 bridgehead atoms. The van der Waals surface area contributed by atoms with E-state index in [2.05, 4.69) is 0 Å². The summed E-state index contributed by atoms with van der Waals surface area (Å²) in [6.07, 6.45) is 0.251. The lowest BCUT2D eigenvalue weighted by Crippen LogP contribution is -2.15. The molecule has 0 aliphatic heterocycles. The number of nitrogens with zero attached hydrogens (tertiary/aromatic N) is 2. The van der Waals surface area contributed by atoms with Gasteiger partial charge in [-0.15, -0.1) is 0 Å². The number of hydrogen-bond acceptors (Lipinski definition) is 3. The summed E-state index contributed by atoms with van der Waals surface area (Å²) in [7, 11) is 0. The van der Waals surface area contributed by atoms with Crippen LogP contribution >= 0.6 is 23.2 Å². The van der Waals surface area contributed by atoms with Crippen LogP contribution < -0.4 is 4.74 Å². The molecule has 0 spiro atoms. The Morgan fingerprint density at radius 3 is 2.16 bits per heavy atom. The Balaban J connectivity index is 1.97. The zero-order valence-corrected chi connectivity index (χ0v) is 19.3. The van der Waals surface area contributed by atoms with Gasteiger partial charge in [-0.25, -0.2) is 4.68 Å². The van der Waals surface area contributed by atoms with Gasteiger partial charge < -0.3 is 4.74 Å². The predicted molar refractivity (Wildman–Crippen MR) is 129 cm³/mol. The first-order valence-electron chi connectivity index (χ1n) is 10.4. The van der Waals surface area contributed by atoms with Crippen LogP contribution in [0.25, 0.3) is 22.4 Å². The van der Waals surface area contributed by atoms with Crippen LogP contribution in [0.5, 0.6) is 5.88 Å². The average molecular weight is 465 g/mol. The smallest absolute Gasteiger partial charge is 0.312 e. The van der Waals surface area contributed by atoms with Crippen LogP contribution in [-0.4, -0.2) is 15.7 Å². The zero-order chi connectivity index (χ0) is 22.7. The molecule has 0 radical (unpaired) electrons. The third kappa shape index (κ3) is 4.43. The first-order chi connectivity index (χ1) is 15.5. The summed E-state index contributed by atoms with van der Waals surface area (Å²) in [5.74, 6) is 0.0738. The van der Waals surface area contributed by atoms with E-state index in [0.29, 0.717) is 15.9 Å². The largest absolute Gasteiger partial charge is 0.407 e. The highest BCUT2D eigenvalue weighted by Crippen LogP contribution is 2.42. The summed E-state index contributed by atoms with van der Waals surface area (Å²) >= 11 is 12.4. The van der Waals surface area contributed by atoms with Crippen LogP contribution in [0.3, 0.4) is 0 Å². The lowest BCUT2D eigenvalue weighted by Gasteiger charge is -2.17. The maximum atomic E-state index is 12.4. The topological polar surface area (TPSA) is 44.1 Å². The van der Waals surface area contributed by atoms with Gasteiger partial charge in [0, 0.05) is 12.0 Å². The molecule has 0 saturated heterocycles. The van der Waals surface area contributed by atoms with E-state index in [1.807, 2.05) is 79.7 Å². The Labute approximate surface area is 197 Å². The lowest BCUT2D eigenvalue weighted by atomic mass is 10.0. The van der Waals surface area contributed by atoms with Gasteiger partial charge >= 0.3 is 5.97 Å². The minimum absolute atomic E-state index is 0.251. The second-order valence-electron chi connectivity index (χ2n) is 7.38. The summed E-state index contributed by atoms with van der Waals surface area (Å²) in [5.41, 5.74) is 4.25. The van der Waals surface area contributed by atoms with Crippen LogP contribution in [0.15, 0.2) is 78.9 Å². The Bertz CT molecular complexity index is 1240. The number of esters is 1. The predicted octanol–water partition coefficient (Wildman–Crippen LogP) is 7.45. The molecule has 0 fully saturated rings. The first-order valence-corrected chi connectivity index (χ1v) is 11.1. The van der Waals surface area contributed by atoms with Crippen molar-refractivity contribution in [3.8, 4) is 28.3 Å². The van der Waals surface area contributed by atoms with Crippen molar-refractivity contribution in [3.63, 3.8) is 0 Å². The Kier molecular flexibility index (Phi) is 6.63. The van der Waals surface area contributed by atoms with Crippen molar-refractivity contribution in [3.05, 3.63) is 94.5 Å². The molecule has 3 aromatic carbocycles. The van der Waals surface area contributed by atoms with Crippen molar-refractivity contribution in [1.29, 1.82) is 0 Å². The van der Waals surface area contributed by atoms with Crippen LogP contribution in [-0.2, 0) is 4.79 Å². The third-order valence-electron chi connectivity index (χ3n) is 5.27. The maximum absolute atomic E-state index is 12.4. The zero-order valence-electron chi connectivity index (χ0n) is 17.8. The van der Waals surface area contributed by atoms with Crippen molar-refractivity contribution >= 4 is 29.2 Å². The summed E-state index contributed by atoms with van der Waals surface area (Å²) in [6, 6.07) is 24.9. The molecule has 1 atom stereocenters. The number of carbonyl (C=O) groups is 1. The standard InChI is InChI=1S/C26H22Cl2N2O2/c1-3-23(31)32-26-24(18-10-6-4-7-11-18)25(19-12-8-5-9-13-19)29-30(26)17(2)20-14-15-21(27)22(28)16-20/h4-17H,3H2,1-2H3. The average Bonchev–Trinajstić information content (AvgIpc) is 3.20. The van der Waals surface area contributed by atoms with E-state index >= 15 is 0 Å². The van der Waals surface area contributed by atoms with Crippen molar-refractivity contribution in [2.45, 2.75) is 26.3 Å². The van der Waals surface area contributed by atoms with Gasteiger partial charge in [-0.05, 0) is 30.2 Å². The molecule has 0 aliphatic rings. The first kappa shape index (κ1) is 22.1. The molecule has 0 amide bonds. The highest BCUT2D eigenvalue weighted by molar-refractivity contribution is 6.42. The second-order valence-corrected chi connectivity index (χ2v) is 8.20. The highest BCUT2D eigenvalue weighted by Gasteiger charge is 2.27. The molecule has 162 valence electrons. The minimum Gasteiger partial charge on any atom is -0.407 e. The number of halogens is 2. The lowest BCUT2D eigenvalue weighted by molar-refractivity contribution is -0.134. The number of aromatic nitrogens is 2. The highest BCUT2D eigenvalue weighted by atomic mass is 35.5. The van der Waals surface area contributed by atoms with Gasteiger partial charge in [0.25, 0.3) is 0 Å². The molecule has 0 aliphatic carbocycles. The number of ether oxygens (including phenoxy) is 1. The molecule has 4 rings (SSSR count). The molecule has 0 saturated carbocycles. The summed E-state index contributed by atoms with van der Waals surface area (Å²) < 4.78 is 7.63. The van der Waals surface area contributed by atoms with Crippen molar-refractivity contribution in [1.82, 2.24) is 9.78 Å². The van der Waals surface area contributed by atoms with Gasteiger partial charge in [-0.2, -0.15) is 5.10 Å². The van der Waals surface area contributed by atoms with Gasteiger partial charge in [0.1, 0.15) is 5.69 Å². The van der Waals surface area contributed by atoms with Crippen molar-refractivity contribution < 1.29 is 9.53 Å². The molecule has 1 aromatic heterocycles. The Morgan fingerprint density at radius 2 is 1.56 bits per heavy atom. The molecule has 1 unspecified atom stereocenters. The van der Waals surface area contributed by atoms with Gasteiger partial charge in [0.05, 0.1) is 21.7 Å². The molecule has 1 heterocycles. The monoisotopic (exact) mass is 464 g/mol. The number of carbonyl (C=O) groups excluding carboxylic acids is 1. The van der Waals surface area contributed by atoms with Gasteiger partial charge in [0.15, 0.2) is 0 Å². The van der Waals surface area contributed by atoms with E-state index in [4.69, 9.17) is 33.0 Å². The number of rotatable bonds is 6. The molecular weight excluding hydrogens is 443 g/mol. The number of benzene rings is 3. The molecule has 4 aromatic rings. The molecule has 4 nitrogen and oxygen atoms in total. The Morgan fingerprint density at radius 1 is 0.938 bits per heavy atom. The van der Waals surface area contributed by atoms with Gasteiger partial charge in [-0.1, -0.05) is 96.9 Å². The molecule has 32 heavy (non-hydrogen) atoms. The third-order valence-corrected chi connectivity index (χ3v) is 6.01. The van der Waals surface area contributed by atoms with E-state index in [-0.39, 0.29) is 18.4 Å². The number of hydrogen-bond donors (Lipinski definition) is 0. The SMILES string of the molecule is CCC(=O)Oc1c(-c2ccccc2)c(-c2ccccc2)nn1C(C)c1ccc(Cl)c(Cl)c1. The van der Waals surface area contributed by atoms with E-state index in [0.717, 1.165) is 27.9 Å². The second kappa shape index (κ2) is 9.60. The molecule has 0 N–H and O–H groups in total. The minimum atomic E-state index is -0.329. The summed E-state index contributed by atoms with van der Waals surface area (Å²) in [6.45, 7) is 3.76. The quantitative estimate of drug-likeness (QED) is 0.278. The Hall–Kier alpha value is -3.08. The molecular formula is C26H22Cl2N2O2. The van der Waals surface area contributed by atoms with Crippen LogP contribution in [0.1, 0.15) is 31.9 Å². The summed E-state index contributed by atoms with van der Waals surface area (Å²) in [5, 5.41) is 5.88. The summed E-state index contributed by atoms with van der Waals surface area (Å²) in [4.78, 5) is 12.4. The van der Waals surface area contributed by atoms with Crippen LogP contribution in [0.2, 0.25) is 10.0 Å². The van der Waals surface area contributed by atoms with Crippen molar-refractivity contribution in [2.75, 3.05) is 0 Å². The van der Waals surface area contributed by atoms with Crippen LogP contribution in [0, 0.1) is 0 Å². The van der Waals surface area contributed by atoms with Crippen LogP contribution in [0.4, 0.5) is 0 Å². The van der Waals surface area contributed by atoms with E-state index in [9.17, 15) is 4.79 Å². The fourth-order valence-electron chi connectivity index (χ4n) is 3.54.